The Balaban J connectivity index is 1.73. The summed E-state index contributed by atoms with van der Waals surface area (Å²) in [4.78, 5) is 0.159. The van der Waals surface area contributed by atoms with E-state index in [1.807, 2.05) is 24.3 Å². The molecule has 1 saturated heterocycles. The Hall–Kier alpha value is -1.90. The first-order valence-corrected chi connectivity index (χ1v) is 12.0. The predicted octanol–water partition coefficient (Wildman–Crippen LogP) is 1.47. The highest BCUT2D eigenvalue weighted by Crippen LogP contribution is 2.26. The van der Waals surface area contributed by atoms with E-state index in [9.17, 15) is 16.8 Å². The Morgan fingerprint density at radius 2 is 1.81 bits per heavy atom. The number of hydrogen-bond donors (Lipinski definition) is 1. The van der Waals surface area contributed by atoms with Crippen LogP contribution in [0.1, 0.15) is 5.56 Å². The molecule has 2 atom stereocenters. The number of methoxy groups -OCH3 is 1. The monoisotopic (exact) mass is 409 g/mol. The molecule has 0 spiro atoms. The highest BCUT2D eigenvalue weighted by Gasteiger charge is 2.45. The van der Waals surface area contributed by atoms with Crippen molar-refractivity contribution in [2.24, 2.45) is 0 Å². The van der Waals surface area contributed by atoms with Crippen LogP contribution in [0, 0.1) is 0 Å². The van der Waals surface area contributed by atoms with Gasteiger partial charge in [-0.05, 0) is 42.8 Å². The SMILES string of the molecule is COc1cccc(CCNC2CS(=O)(=O)CC2S(=O)(=O)c2ccccc2)c1. The van der Waals surface area contributed by atoms with Crippen molar-refractivity contribution in [1.82, 2.24) is 5.32 Å². The minimum absolute atomic E-state index is 0.159. The van der Waals surface area contributed by atoms with Crippen molar-refractivity contribution in [2.45, 2.75) is 22.6 Å². The van der Waals surface area contributed by atoms with E-state index in [0.717, 1.165) is 11.3 Å². The Morgan fingerprint density at radius 1 is 1.07 bits per heavy atom. The van der Waals surface area contributed by atoms with Gasteiger partial charge >= 0.3 is 0 Å². The first-order chi connectivity index (χ1) is 12.8. The van der Waals surface area contributed by atoms with Gasteiger partial charge in [0, 0.05) is 6.04 Å². The first kappa shape index (κ1) is 19.9. The van der Waals surface area contributed by atoms with Crippen LogP contribution in [0.5, 0.6) is 5.75 Å². The van der Waals surface area contributed by atoms with E-state index in [4.69, 9.17) is 4.74 Å². The van der Waals surface area contributed by atoms with Crippen molar-refractivity contribution in [3.05, 3.63) is 60.2 Å². The zero-order chi connectivity index (χ0) is 19.5. The molecular formula is C19H23NO5S2. The number of rotatable bonds is 7. The molecule has 8 heteroatoms. The van der Waals surface area contributed by atoms with Crippen molar-refractivity contribution < 1.29 is 21.6 Å². The van der Waals surface area contributed by atoms with Gasteiger partial charge in [-0.2, -0.15) is 0 Å². The average Bonchev–Trinajstić information content (AvgIpc) is 2.98. The van der Waals surface area contributed by atoms with Gasteiger partial charge in [-0.1, -0.05) is 30.3 Å². The summed E-state index contributed by atoms with van der Waals surface area (Å²) in [6, 6.07) is 15.0. The standard InChI is InChI=1S/C19H23NO5S2/c1-25-16-7-5-6-15(12-16)10-11-20-18-13-26(21,22)14-19(18)27(23,24)17-8-3-2-4-9-17/h2-9,12,18-20H,10-11,13-14H2,1H3. The van der Waals surface area contributed by atoms with Crippen molar-refractivity contribution in [2.75, 3.05) is 25.2 Å². The summed E-state index contributed by atoms with van der Waals surface area (Å²) in [5, 5.41) is 2.17. The molecule has 1 aliphatic rings. The van der Waals surface area contributed by atoms with E-state index in [2.05, 4.69) is 5.32 Å². The molecule has 2 aromatic rings. The molecule has 6 nitrogen and oxygen atoms in total. The van der Waals surface area contributed by atoms with Gasteiger partial charge in [0.05, 0.1) is 28.8 Å². The Morgan fingerprint density at radius 3 is 2.52 bits per heavy atom. The predicted molar refractivity (Wildman–Crippen MR) is 105 cm³/mol. The number of benzene rings is 2. The molecule has 1 fully saturated rings. The maximum atomic E-state index is 12.9. The van der Waals surface area contributed by atoms with E-state index in [0.29, 0.717) is 13.0 Å². The van der Waals surface area contributed by atoms with Crippen LogP contribution in [0.2, 0.25) is 0 Å². The Kier molecular flexibility index (Phi) is 5.88. The molecule has 1 N–H and O–H groups in total. The lowest BCUT2D eigenvalue weighted by Crippen LogP contribution is -2.44. The van der Waals surface area contributed by atoms with E-state index < -0.39 is 31.0 Å². The molecule has 1 heterocycles. The zero-order valence-corrected chi connectivity index (χ0v) is 16.7. The van der Waals surface area contributed by atoms with Crippen LogP contribution in [0.15, 0.2) is 59.5 Å². The van der Waals surface area contributed by atoms with Crippen LogP contribution in [0.25, 0.3) is 0 Å². The molecule has 2 unspecified atom stereocenters. The molecule has 3 rings (SSSR count). The summed E-state index contributed by atoms with van der Waals surface area (Å²) in [7, 11) is -5.53. The molecule has 27 heavy (non-hydrogen) atoms. The van der Waals surface area contributed by atoms with Crippen LogP contribution in [-0.2, 0) is 26.1 Å². The van der Waals surface area contributed by atoms with Gasteiger partial charge < -0.3 is 10.1 Å². The summed E-state index contributed by atoms with van der Waals surface area (Å²) in [6.07, 6.45) is 0.645. The van der Waals surface area contributed by atoms with Crippen LogP contribution in [-0.4, -0.2) is 53.3 Å². The van der Waals surface area contributed by atoms with Gasteiger partial charge in [-0.3, -0.25) is 0 Å². The third-order valence-corrected chi connectivity index (χ3v) is 8.89. The van der Waals surface area contributed by atoms with Crippen molar-refractivity contribution in [1.29, 1.82) is 0 Å². The van der Waals surface area contributed by atoms with Gasteiger partial charge in [0.1, 0.15) is 5.75 Å². The summed E-state index contributed by atoms with van der Waals surface area (Å²) in [5.41, 5.74) is 1.03. The maximum Gasteiger partial charge on any atom is 0.183 e. The summed E-state index contributed by atoms with van der Waals surface area (Å²) < 4.78 is 55.3. The molecule has 146 valence electrons. The number of nitrogens with one attached hydrogen (secondary N) is 1. The molecule has 0 radical (unpaired) electrons. The number of sulfone groups is 2. The van der Waals surface area contributed by atoms with Crippen LogP contribution >= 0.6 is 0 Å². The van der Waals surface area contributed by atoms with Crippen LogP contribution in [0.4, 0.5) is 0 Å². The lowest BCUT2D eigenvalue weighted by atomic mass is 10.1. The highest BCUT2D eigenvalue weighted by atomic mass is 32.2. The third-order valence-electron chi connectivity index (χ3n) is 4.73. The molecule has 0 bridgehead atoms. The quantitative estimate of drug-likeness (QED) is 0.745. The molecule has 0 aliphatic carbocycles. The minimum atomic E-state index is -3.73. The van der Waals surface area contributed by atoms with Gasteiger partial charge in [0.2, 0.25) is 0 Å². The Labute approximate surface area is 160 Å². The fourth-order valence-corrected chi connectivity index (χ4v) is 8.06. The average molecular weight is 410 g/mol. The minimum Gasteiger partial charge on any atom is -0.497 e. The van der Waals surface area contributed by atoms with Gasteiger partial charge in [0.25, 0.3) is 0 Å². The summed E-state index contributed by atoms with van der Waals surface area (Å²) in [6.45, 7) is 0.480. The zero-order valence-electron chi connectivity index (χ0n) is 15.0. The van der Waals surface area contributed by atoms with Crippen molar-refractivity contribution in [3.8, 4) is 5.75 Å². The lowest BCUT2D eigenvalue weighted by Gasteiger charge is -2.20. The van der Waals surface area contributed by atoms with Crippen molar-refractivity contribution in [3.63, 3.8) is 0 Å². The summed E-state index contributed by atoms with van der Waals surface area (Å²) in [5.74, 6) is 0.239. The van der Waals surface area contributed by atoms with Gasteiger partial charge in [-0.15, -0.1) is 0 Å². The normalized spacial score (nSPS) is 21.8. The molecular weight excluding hydrogens is 386 g/mol. The van der Waals surface area contributed by atoms with Crippen LogP contribution in [0.3, 0.4) is 0 Å². The largest absolute Gasteiger partial charge is 0.497 e. The highest BCUT2D eigenvalue weighted by molar-refractivity contribution is 7.96. The number of ether oxygens (including phenoxy) is 1. The maximum absolute atomic E-state index is 12.9. The first-order valence-electron chi connectivity index (χ1n) is 8.67. The van der Waals surface area contributed by atoms with E-state index >= 15 is 0 Å². The second kappa shape index (κ2) is 8.00. The third kappa shape index (κ3) is 4.69. The molecule has 0 aromatic heterocycles. The lowest BCUT2D eigenvalue weighted by molar-refractivity contribution is 0.414. The van der Waals surface area contributed by atoms with E-state index in [-0.39, 0.29) is 16.4 Å². The summed E-state index contributed by atoms with van der Waals surface area (Å²) >= 11 is 0. The number of hydrogen-bond acceptors (Lipinski definition) is 6. The van der Waals surface area contributed by atoms with Crippen molar-refractivity contribution >= 4 is 19.7 Å². The fraction of sp³-hybridized carbons (Fsp3) is 0.368. The molecule has 2 aromatic carbocycles. The van der Waals surface area contributed by atoms with E-state index in [1.54, 1.807) is 25.3 Å². The van der Waals surface area contributed by atoms with Gasteiger partial charge in [-0.25, -0.2) is 16.8 Å². The Bertz CT molecular complexity index is 988. The second-order valence-electron chi connectivity index (χ2n) is 6.64. The molecule has 0 saturated carbocycles. The second-order valence-corrected chi connectivity index (χ2v) is 11.0. The van der Waals surface area contributed by atoms with Gasteiger partial charge in [0.15, 0.2) is 19.7 Å². The fourth-order valence-electron chi connectivity index (χ4n) is 3.33. The van der Waals surface area contributed by atoms with E-state index in [1.165, 1.54) is 12.1 Å². The van der Waals surface area contributed by atoms with Crippen LogP contribution < -0.4 is 10.1 Å². The molecule has 1 aliphatic heterocycles. The molecule has 0 amide bonds. The smallest absolute Gasteiger partial charge is 0.183 e. The topological polar surface area (TPSA) is 89.5 Å².